The van der Waals surface area contributed by atoms with E-state index in [1.807, 2.05) is 13.2 Å². The Morgan fingerprint density at radius 1 is 1.60 bits per heavy atom. The highest BCUT2D eigenvalue weighted by atomic mass is 79.9. The highest BCUT2D eigenvalue weighted by Gasteiger charge is 2.45. The van der Waals surface area contributed by atoms with Crippen LogP contribution in [-0.2, 0) is 5.54 Å². The summed E-state index contributed by atoms with van der Waals surface area (Å²) in [7, 11) is 2.04. The summed E-state index contributed by atoms with van der Waals surface area (Å²) in [5, 5.41) is 3.46. The van der Waals surface area contributed by atoms with Crippen LogP contribution < -0.4 is 5.32 Å². The average molecular weight is 269 g/mol. The highest BCUT2D eigenvalue weighted by Crippen LogP contribution is 2.46. The first-order chi connectivity index (χ1) is 7.10. The highest BCUT2D eigenvalue weighted by molar-refractivity contribution is 9.10. The summed E-state index contributed by atoms with van der Waals surface area (Å²) in [6, 6.07) is 2.15. The zero-order chi connectivity index (χ0) is 11.1. The summed E-state index contributed by atoms with van der Waals surface area (Å²) >= 11 is 3.46. The molecular formula is C12H17BrN2. The zero-order valence-corrected chi connectivity index (χ0v) is 11.1. The predicted octanol–water partition coefficient (Wildman–Crippen LogP) is 3.00. The van der Waals surface area contributed by atoms with Gasteiger partial charge in [0.25, 0.3) is 0 Å². The molecule has 82 valence electrons. The monoisotopic (exact) mass is 268 g/mol. The minimum atomic E-state index is 0.116. The molecular weight excluding hydrogens is 252 g/mol. The molecule has 0 aromatic carbocycles. The molecule has 2 nitrogen and oxygen atoms in total. The van der Waals surface area contributed by atoms with Gasteiger partial charge in [-0.3, -0.25) is 4.98 Å². The lowest BCUT2D eigenvalue weighted by molar-refractivity contribution is 0.0991. The van der Waals surface area contributed by atoms with Gasteiger partial charge in [-0.15, -0.1) is 0 Å². The van der Waals surface area contributed by atoms with Crippen molar-refractivity contribution in [1.29, 1.82) is 0 Å². The third-order valence-corrected chi connectivity index (χ3v) is 4.16. The molecule has 1 aliphatic carbocycles. The van der Waals surface area contributed by atoms with Crippen LogP contribution in [0.1, 0.15) is 31.0 Å². The number of aromatic nitrogens is 1. The van der Waals surface area contributed by atoms with Gasteiger partial charge in [0.2, 0.25) is 0 Å². The largest absolute Gasteiger partial charge is 0.309 e. The minimum Gasteiger partial charge on any atom is -0.309 e. The van der Waals surface area contributed by atoms with Crippen LogP contribution in [0.2, 0.25) is 0 Å². The van der Waals surface area contributed by atoms with Gasteiger partial charge in [0.15, 0.2) is 0 Å². The van der Waals surface area contributed by atoms with E-state index in [9.17, 15) is 0 Å². The minimum absolute atomic E-state index is 0.116. The van der Waals surface area contributed by atoms with Gasteiger partial charge in [-0.25, -0.2) is 0 Å². The lowest BCUT2D eigenvalue weighted by Gasteiger charge is -2.48. The standard InChI is InChI=1S/C12H17BrN2/c1-8-6-10(13)7-15-11(8)12(14-3)5-4-9(12)2/h6-7,9,14H,4-5H2,1-3H3. The normalized spacial score (nSPS) is 30.0. The number of hydrogen-bond acceptors (Lipinski definition) is 2. The number of halogens is 1. The van der Waals surface area contributed by atoms with Gasteiger partial charge in [-0.05, 0) is 60.3 Å². The molecule has 3 heteroatoms. The second kappa shape index (κ2) is 3.87. The molecule has 0 aliphatic heterocycles. The van der Waals surface area contributed by atoms with E-state index in [1.165, 1.54) is 24.1 Å². The second-order valence-electron chi connectivity index (χ2n) is 4.48. The number of hydrogen-bond donors (Lipinski definition) is 1. The summed E-state index contributed by atoms with van der Waals surface area (Å²) in [5.41, 5.74) is 2.60. The second-order valence-corrected chi connectivity index (χ2v) is 5.40. The molecule has 1 heterocycles. The van der Waals surface area contributed by atoms with Crippen molar-refractivity contribution >= 4 is 15.9 Å². The summed E-state index contributed by atoms with van der Waals surface area (Å²) in [6.45, 7) is 4.43. The first kappa shape index (κ1) is 11.1. The summed E-state index contributed by atoms with van der Waals surface area (Å²) in [4.78, 5) is 4.58. The van der Waals surface area contributed by atoms with E-state index in [0.717, 1.165) is 4.47 Å². The Hall–Kier alpha value is -0.410. The van der Waals surface area contributed by atoms with E-state index >= 15 is 0 Å². The van der Waals surface area contributed by atoms with E-state index in [1.54, 1.807) is 0 Å². The molecule has 0 radical (unpaired) electrons. The summed E-state index contributed by atoms with van der Waals surface area (Å²) in [6.07, 6.45) is 4.38. The van der Waals surface area contributed by atoms with Gasteiger partial charge in [-0.2, -0.15) is 0 Å². The fourth-order valence-electron chi connectivity index (χ4n) is 2.57. The third-order valence-electron chi connectivity index (χ3n) is 3.73. The quantitative estimate of drug-likeness (QED) is 0.892. The molecule has 1 aliphatic rings. The SMILES string of the molecule is CNC1(c2ncc(Br)cc2C)CCC1C. The molecule has 2 atom stereocenters. The molecule has 15 heavy (non-hydrogen) atoms. The van der Waals surface area contributed by atoms with Crippen LogP contribution in [0.5, 0.6) is 0 Å². The molecule has 0 spiro atoms. The molecule has 1 saturated carbocycles. The smallest absolute Gasteiger partial charge is 0.0637 e. The fourth-order valence-corrected chi connectivity index (χ4v) is 3.02. The van der Waals surface area contributed by atoms with E-state index < -0.39 is 0 Å². The number of rotatable bonds is 2. The summed E-state index contributed by atoms with van der Waals surface area (Å²) in [5.74, 6) is 0.676. The van der Waals surface area contributed by atoms with E-state index in [-0.39, 0.29) is 5.54 Å². The van der Waals surface area contributed by atoms with E-state index in [0.29, 0.717) is 5.92 Å². The van der Waals surface area contributed by atoms with Crippen molar-refractivity contribution in [2.75, 3.05) is 7.05 Å². The maximum atomic E-state index is 4.58. The van der Waals surface area contributed by atoms with Crippen molar-refractivity contribution in [3.8, 4) is 0 Å². The van der Waals surface area contributed by atoms with Crippen LogP contribution in [0.4, 0.5) is 0 Å². The Balaban J connectivity index is 2.44. The Bertz CT molecular complexity index is 374. The molecule has 2 unspecified atom stereocenters. The maximum absolute atomic E-state index is 4.58. The maximum Gasteiger partial charge on any atom is 0.0637 e. The lowest BCUT2D eigenvalue weighted by atomic mass is 9.65. The molecule has 1 fully saturated rings. The van der Waals surface area contributed by atoms with Crippen LogP contribution in [0.25, 0.3) is 0 Å². The van der Waals surface area contributed by atoms with Crippen molar-refractivity contribution in [3.05, 3.63) is 28.0 Å². The Morgan fingerprint density at radius 2 is 2.33 bits per heavy atom. The number of aryl methyl sites for hydroxylation is 1. The van der Waals surface area contributed by atoms with Gasteiger partial charge >= 0.3 is 0 Å². The molecule has 0 bridgehead atoms. The first-order valence-corrected chi connectivity index (χ1v) is 6.21. The van der Waals surface area contributed by atoms with Crippen molar-refractivity contribution in [2.45, 2.75) is 32.2 Å². The summed E-state index contributed by atoms with van der Waals surface area (Å²) < 4.78 is 1.06. The predicted molar refractivity (Wildman–Crippen MR) is 65.8 cm³/mol. The molecule has 1 aromatic rings. The van der Waals surface area contributed by atoms with E-state index in [4.69, 9.17) is 0 Å². The Morgan fingerprint density at radius 3 is 2.73 bits per heavy atom. The Labute approximate surface area is 99.6 Å². The Kier molecular flexibility index (Phi) is 2.86. The van der Waals surface area contributed by atoms with Crippen LogP contribution in [-0.4, -0.2) is 12.0 Å². The number of nitrogens with zero attached hydrogens (tertiary/aromatic N) is 1. The van der Waals surface area contributed by atoms with Crippen LogP contribution >= 0.6 is 15.9 Å². The van der Waals surface area contributed by atoms with Gasteiger partial charge in [-0.1, -0.05) is 6.92 Å². The topological polar surface area (TPSA) is 24.9 Å². The number of nitrogens with one attached hydrogen (secondary N) is 1. The van der Waals surface area contributed by atoms with Crippen molar-refractivity contribution < 1.29 is 0 Å². The fraction of sp³-hybridized carbons (Fsp3) is 0.583. The number of pyridine rings is 1. The van der Waals surface area contributed by atoms with Gasteiger partial charge in [0.1, 0.15) is 0 Å². The zero-order valence-electron chi connectivity index (χ0n) is 9.47. The molecule has 1 N–H and O–H groups in total. The van der Waals surface area contributed by atoms with Crippen molar-refractivity contribution in [2.24, 2.45) is 5.92 Å². The molecule has 1 aromatic heterocycles. The first-order valence-electron chi connectivity index (χ1n) is 5.41. The molecule has 0 saturated heterocycles. The van der Waals surface area contributed by atoms with Crippen molar-refractivity contribution in [1.82, 2.24) is 10.3 Å². The van der Waals surface area contributed by atoms with Gasteiger partial charge < -0.3 is 5.32 Å². The van der Waals surface area contributed by atoms with Crippen LogP contribution in [0, 0.1) is 12.8 Å². The molecule has 0 amide bonds. The third kappa shape index (κ3) is 1.62. The molecule has 2 rings (SSSR count). The van der Waals surface area contributed by atoms with Crippen LogP contribution in [0.3, 0.4) is 0 Å². The lowest BCUT2D eigenvalue weighted by Crippen LogP contribution is -2.53. The average Bonchev–Trinajstić information content (AvgIpc) is 2.20. The van der Waals surface area contributed by atoms with E-state index in [2.05, 4.69) is 46.1 Å². The van der Waals surface area contributed by atoms with Crippen molar-refractivity contribution in [3.63, 3.8) is 0 Å². The van der Waals surface area contributed by atoms with Gasteiger partial charge in [0, 0.05) is 10.7 Å². The van der Waals surface area contributed by atoms with Gasteiger partial charge in [0.05, 0.1) is 11.2 Å². The van der Waals surface area contributed by atoms with Crippen LogP contribution in [0.15, 0.2) is 16.7 Å².